The maximum Gasteiger partial charge on any atom is 0.102 e. The van der Waals surface area contributed by atoms with E-state index < -0.39 is 0 Å². The number of aromatic nitrogens is 5. The van der Waals surface area contributed by atoms with E-state index in [1.54, 1.807) is 97.1 Å². The van der Waals surface area contributed by atoms with E-state index in [1.165, 1.54) is 0 Å². The molecule has 0 aliphatic heterocycles. The minimum Gasteiger partial charge on any atom is -0.306 e. The molecular weight excluding hydrogens is 1080 g/mol. The minimum atomic E-state index is 0.105. The van der Waals surface area contributed by atoms with E-state index in [0.29, 0.717) is 171 Å². The highest BCUT2D eigenvalue weighted by Gasteiger charge is 2.36. The summed E-state index contributed by atoms with van der Waals surface area (Å²) >= 11 is 0. The summed E-state index contributed by atoms with van der Waals surface area (Å²) in [5.74, 6) is 0. The van der Waals surface area contributed by atoms with Gasteiger partial charge >= 0.3 is 0 Å². The van der Waals surface area contributed by atoms with Crippen molar-refractivity contribution in [3.05, 3.63) is 244 Å². The number of hydrogen-bond acceptors (Lipinski definition) is 10. The molecule has 0 amide bonds. The van der Waals surface area contributed by atoms with Crippen LogP contribution in [0.3, 0.4) is 0 Å². The molecule has 14 heteroatoms. The highest BCUT2D eigenvalue weighted by molar-refractivity contribution is 6.18. The van der Waals surface area contributed by atoms with Gasteiger partial charge in [-0.2, -0.15) is 47.4 Å². The van der Waals surface area contributed by atoms with Gasteiger partial charge in [0.15, 0.2) is 0 Å². The zero-order valence-electron chi connectivity index (χ0n) is 45.7. The fourth-order valence-corrected chi connectivity index (χ4v) is 12.9. The van der Waals surface area contributed by atoms with Gasteiger partial charge in [0, 0.05) is 54.2 Å². The van der Waals surface area contributed by atoms with Crippen LogP contribution in [0.4, 0.5) is 0 Å². The van der Waals surface area contributed by atoms with Gasteiger partial charge in [0.1, 0.15) is 6.07 Å². The van der Waals surface area contributed by atoms with E-state index in [4.69, 9.17) is 4.98 Å². The highest BCUT2D eigenvalue weighted by atomic mass is 15.1. The van der Waals surface area contributed by atoms with Gasteiger partial charge in [-0.05, 0) is 158 Å². The molecule has 0 N–H and O–H groups in total. The van der Waals surface area contributed by atoms with Gasteiger partial charge in [-0.25, -0.2) is 4.98 Å². The Balaban J connectivity index is 1.33. The predicted molar refractivity (Wildman–Crippen MR) is 335 cm³/mol. The molecule has 398 valence electrons. The smallest absolute Gasteiger partial charge is 0.102 e. The normalized spacial score (nSPS) is 11.1. The van der Waals surface area contributed by atoms with Gasteiger partial charge in [-0.1, -0.05) is 36.4 Å². The number of fused-ring (bicyclic) bond motifs is 12. The van der Waals surface area contributed by atoms with Crippen LogP contribution in [0.15, 0.2) is 194 Å². The second-order valence-corrected chi connectivity index (χ2v) is 21.1. The zero-order valence-corrected chi connectivity index (χ0v) is 45.7. The average Bonchev–Trinajstić information content (AvgIpc) is 1.51. The fraction of sp³-hybridized carbons (Fsp3) is 0. The minimum absolute atomic E-state index is 0.105. The number of rotatable bonds is 6. The van der Waals surface area contributed by atoms with E-state index in [0.717, 1.165) is 5.56 Å². The third-order valence-electron chi connectivity index (χ3n) is 16.6. The third kappa shape index (κ3) is 7.35. The largest absolute Gasteiger partial charge is 0.306 e. The van der Waals surface area contributed by atoms with Crippen LogP contribution in [0.5, 0.6) is 0 Å². The van der Waals surface area contributed by atoms with Crippen LogP contribution in [0, 0.1) is 102 Å². The van der Waals surface area contributed by atoms with E-state index in [9.17, 15) is 47.4 Å². The number of hydrogen-bond donors (Lipinski definition) is 0. The Morgan fingerprint density at radius 3 is 0.784 bits per heavy atom. The molecule has 0 saturated heterocycles. The molecule has 14 nitrogen and oxygen atoms in total. The Bertz CT molecular complexity index is 5830. The molecule has 0 aliphatic rings. The van der Waals surface area contributed by atoms with Gasteiger partial charge in [0.05, 0.1) is 177 Å². The molecule has 0 unspecified atom stereocenters. The van der Waals surface area contributed by atoms with Crippen molar-refractivity contribution in [3.8, 4) is 99.9 Å². The van der Waals surface area contributed by atoms with E-state index in [-0.39, 0.29) is 5.56 Å². The van der Waals surface area contributed by atoms with Crippen molar-refractivity contribution in [3.63, 3.8) is 0 Å². The lowest BCUT2D eigenvalue weighted by Gasteiger charge is -2.29. The lowest BCUT2D eigenvalue weighted by Crippen LogP contribution is -2.17. The Morgan fingerprint density at radius 2 is 0.500 bits per heavy atom. The quantitative estimate of drug-likeness (QED) is 0.152. The van der Waals surface area contributed by atoms with Gasteiger partial charge < -0.3 is 18.3 Å². The van der Waals surface area contributed by atoms with Gasteiger partial charge in [-0.15, -0.1) is 0 Å². The van der Waals surface area contributed by atoms with E-state index in [2.05, 4.69) is 59.2 Å². The fourth-order valence-electron chi connectivity index (χ4n) is 12.9. The first-order valence-electron chi connectivity index (χ1n) is 27.5. The summed E-state index contributed by atoms with van der Waals surface area (Å²) in [4.78, 5) is 5.54. The Labute approximate surface area is 499 Å². The molecule has 0 spiro atoms. The van der Waals surface area contributed by atoms with Crippen molar-refractivity contribution in [2.24, 2.45) is 0 Å². The number of pyridine rings is 1. The Morgan fingerprint density at radius 1 is 0.239 bits per heavy atom. The molecule has 0 aliphatic carbocycles. The van der Waals surface area contributed by atoms with Crippen LogP contribution in [-0.2, 0) is 0 Å². The first-order chi connectivity index (χ1) is 43.2. The Hall–Kier alpha value is -14.0. The lowest BCUT2D eigenvalue weighted by molar-refractivity contribution is 1.02. The second kappa shape index (κ2) is 19.6. The summed E-state index contributed by atoms with van der Waals surface area (Å²) in [6.07, 6.45) is 0. The van der Waals surface area contributed by atoms with Crippen LogP contribution < -0.4 is 0 Å². The van der Waals surface area contributed by atoms with Crippen molar-refractivity contribution < 1.29 is 0 Å². The first-order valence-corrected chi connectivity index (χ1v) is 27.5. The zero-order chi connectivity index (χ0) is 60.1. The van der Waals surface area contributed by atoms with E-state index in [1.807, 2.05) is 111 Å². The van der Waals surface area contributed by atoms with Crippen molar-refractivity contribution in [2.75, 3.05) is 0 Å². The number of nitrogens with zero attached hydrogens (tertiary/aromatic N) is 14. The summed E-state index contributed by atoms with van der Waals surface area (Å²) in [5, 5.41) is 102. The molecule has 0 fully saturated rings. The topological polar surface area (TPSA) is 247 Å². The molecule has 0 saturated carbocycles. The monoisotopic (exact) mass is 1120 g/mol. The van der Waals surface area contributed by atoms with Gasteiger partial charge in [0.25, 0.3) is 0 Å². The molecule has 5 aromatic heterocycles. The predicted octanol–water partition coefficient (Wildman–Crippen LogP) is 15.6. The van der Waals surface area contributed by atoms with Gasteiger partial charge in [0.2, 0.25) is 0 Å². The standard InChI is InChI=1S/C74H32N14/c75-33-42-9-17-62-51(25-42)52-26-43(34-76)10-18-63(52)85(62)71-59(41-83)70(61-8-4-7-60(84-61)50-5-2-1-3-6-50)72(86-64-19-11-44(35-77)27-53(64)54-28-45(36-78)12-20-65(54)86)74(88-68-23-15-48(39-81)31-57(68)58-32-49(40-82)16-24-69(58)88)73(71)87-66-21-13-46(37-79)29-55(66)56-30-47(38-80)14-22-67(56)87/h1-32H. The molecule has 15 aromatic rings. The van der Waals surface area contributed by atoms with Crippen molar-refractivity contribution >= 4 is 87.2 Å². The molecular formula is C74H32N14. The molecule has 10 aromatic carbocycles. The van der Waals surface area contributed by atoms with Crippen molar-refractivity contribution in [1.29, 1.82) is 47.4 Å². The summed E-state index contributed by atoms with van der Waals surface area (Å²) < 4.78 is 8.17. The van der Waals surface area contributed by atoms with Crippen LogP contribution in [0.1, 0.15) is 50.1 Å². The third-order valence-corrected chi connectivity index (χ3v) is 16.6. The number of nitriles is 9. The molecule has 88 heavy (non-hydrogen) atoms. The molecule has 15 rings (SSSR count). The molecule has 5 heterocycles. The van der Waals surface area contributed by atoms with Crippen LogP contribution >= 0.6 is 0 Å². The van der Waals surface area contributed by atoms with Crippen LogP contribution in [0.25, 0.3) is 132 Å². The van der Waals surface area contributed by atoms with Crippen LogP contribution in [-0.4, -0.2) is 23.3 Å². The maximum absolute atomic E-state index is 12.9. The molecule has 0 bridgehead atoms. The van der Waals surface area contributed by atoms with Crippen LogP contribution in [0.2, 0.25) is 0 Å². The maximum atomic E-state index is 12.9. The summed E-state index contributed by atoms with van der Waals surface area (Å²) in [6, 6.07) is 79.4. The summed E-state index contributed by atoms with van der Waals surface area (Å²) in [5.41, 5.74) is 11.0. The Kier molecular flexibility index (Phi) is 11.3. The van der Waals surface area contributed by atoms with E-state index >= 15 is 0 Å². The molecule has 0 atom stereocenters. The van der Waals surface area contributed by atoms with Gasteiger partial charge in [-0.3, -0.25) is 0 Å². The number of benzene rings is 10. The lowest BCUT2D eigenvalue weighted by atomic mass is 9.94. The SMILES string of the molecule is N#Cc1ccc2c(c1)c1cc(C#N)ccc1n2-c1c(C#N)c(-c2cccc(-c3ccccc3)n2)c(-n2c3ccc(C#N)cc3c3cc(C#N)ccc32)c(-n2c3ccc(C#N)cc3c3cc(C#N)ccc32)c1-n1c2ccc(C#N)cc2c2cc(C#N)ccc21. The highest BCUT2D eigenvalue weighted by Crippen LogP contribution is 2.52. The summed E-state index contributed by atoms with van der Waals surface area (Å²) in [6.45, 7) is 0. The first kappa shape index (κ1) is 50.9. The van der Waals surface area contributed by atoms with Crippen molar-refractivity contribution in [2.45, 2.75) is 0 Å². The second-order valence-electron chi connectivity index (χ2n) is 21.1. The summed E-state index contributed by atoms with van der Waals surface area (Å²) in [7, 11) is 0. The van der Waals surface area contributed by atoms with Crippen molar-refractivity contribution in [1.82, 2.24) is 23.3 Å². The molecule has 0 radical (unpaired) electrons. The average molecular weight is 1120 g/mol.